The number of nitrogens with two attached hydrogens (primary N) is 1. The summed E-state index contributed by atoms with van der Waals surface area (Å²) in [6.07, 6.45) is 3.92. The molecule has 0 unspecified atom stereocenters. The van der Waals surface area contributed by atoms with E-state index in [0.717, 1.165) is 24.8 Å². The first-order valence-corrected chi connectivity index (χ1v) is 9.04. The van der Waals surface area contributed by atoms with Gasteiger partial charge in [-0.1, -0.05) is 40.2 Å². The van der Waals surface area contributed by atoms with Crippen molar-refractivity contribution in [2.75, 3.05) is 7.11 Å². The minimum Gasteiger partial charge on any atom is -0.468 e. The lowest BCUT2D eigenvalue weighted by molar-refractivity contribution is -0.161. The van der Waals surface area contributed by atoms with Crippen molar-refractivity contribution in [1.82, 2.24) is 0 Å². The molecule has 3 aliphatic rings. The largest absolute Gasteiger partial charge is 0.468 e. The Morgan fingerprint density at radius 2 is 1.72 bits per heavy atom. The summed E-state index contributed by atoms with van der Waals surface area (Å²) in [4.78, 5) is 26.4. The van der Waals surface area contributed by atoms with Crippen LogP contribution in [0.3, 0.4) is 0 Å². The second-order valence-electron chi connectivity index (χ2n) is 10.1. The molecule has 0 spiro atoms. The van der Waals surface area contributed by atoms with Gasteiger partial charge in [0.1, 0.15) is 5.71 Å². The van der Waals surface area contributed by atoms with E-state index < -0.39 is 10.8 Å². The first-order chi connectivity index (χ1) is 11.4. The lowest BCUT2D eigenvalue weighted by Crippen LogP contribution is -2.56. The monoisotopic (exact) mass is 346 g/mol. The van der Waals surface area contributed by atoms with E-state index >= 15 is 0 Å². The van der Waals surface area contributed by atoms with Crippen LogP contribution in [0, 0.1) is 21.7 Å². The summed E-state index contributed by atoms with van der Waals surface area (Å²) in [6, 6.07) is 0. The predicted octanol–water partition coefficient (Wildman–Crippen LogP) is 3.38. The van der Waals surface area contributed by atoms with Gasteiger partial charge in [0.2, 0.25) is 5.78 Å². The average Bonchev–Trinajstić information content (AvgIpc) is 2.41. The third kappa shape index (κ3) is 2.54. The molecule has 0 saturated heterocycles. The smallest absolute Gasteiger partial charge is 0.316 e. The fourth-order valence-electron chi connectivity index (χ4n) is 6.38. The fraction of sp³-hybridized carbons (Fsp3) is 0.750. The Hall–Kier alpha value is -1.65. The summed E-state index contributed by atoms with van der Waals surface area (Å²) in [6.45, 7) is 10.6. The maximum Gasteiger partial charge on any atom is 0.316 e. The number of nitrogens with zero attached hydrogens (tertiary/aromatic N) is 1. The van der Waals surface area contributed by atoms with Gasteiger partial charge in [0.05, 0.1) is 12.5 Å². The summed E-state index contributed by atoms with van der Waals surface area (Å²) in [5.74, 6) is 5.14. The Balaban J connectivity index is 2.28. The molecule has 0 radical (unpaired) electrons. The van der Waals surface area contributed by atoms with Gasteiger partial charge in [0.15, 0.2) is 0 Å². The van der Waals surface area contributed by atoms with Crippen LogP contribution in [0.5, 0.6) is 0 Å². The Morgan fingerprint density at radius 1 is 1.08 bits per heavy atom. The molecular formula is C20H30N2O3. The quantitative estimate of drug-likeness (QED) is 0.448. The SMILES string of the molecule is COC(=O)[C@@]12CC(C)(C)C[C@](C)(CC3=C1C(=O)/C(=N\N)C(C)(C)C3)C2. The van der Waals surface area contributed by atoms with E-state index in [4.69, 9.17) is 10.6 Å². The molecule has 0 amide bonds. The van der Waals surface area contributed by atoms with Crippen LogP contribution in [0.4, 0.5) is 0 Å². The molecule has 0 aromatic rings. The van der Waals surface area contributed by atoms with E-state index in [1.165, 1.54) is 7.11 Å². The number of rotatable bonds is 1. The zero-order chi connectivity index (χ0) is 18.8. The highest BCUT2D eigenvalue weighted by molar-refractivity contribution is 6.49. The molecule has 0 aliphatic heterocycles. The second kappa shape index (κ2) is 5.18. The maximum absolute atomic E-state index is 13.4. The normalized spacial score (nSPS) is 37.7. The number of hydrogen-bond donors (Lipinski definition) is 1. The van der Waals surface area contributed by atoms with Crippen molar-refractivity contribution in [3.63, 3.8) is 0 Å². The summed E-state index contributed by atoms with van der Waals surface area (Å²) >= 11 is 0. The van der Waals surface area contributed by atoms with E-state index in [1.54, 1.807) is 0 Å². The third-order valence-electron chi connectivity index (χ3n) is 6.33. The standard InChI is InChI=1S/C20H30N2O3/c1-17(2)9-19(5)8-12-7-18(3,4)15(22-21)14(23)13(12)20(10-17,11-19)16(24)25-6/h7-11,21H2,1-6H3/b22-15+/t19-,20+/m0/s1. The van der Waals surface area contributed by atoms with Gasteiger partial charge in [-0.15, -0.1) is 0 Å². The van der Waals surface area contributed by atoms with Crippen molar-refractivity contribution in [3.8, 4) is 0 Å². The fourth-order valence-corrected chi connectivity index (χ4v) is 6.38. The van der Waals surface area contributed by atoms with E-state index in [-0.39, 0.29) is 22.6 Å². The second-order valence-corrected chi connectivity index (χ2v) is 10.1. The molecule has 2 atom stereocenters. The number of methoxy groups -OCH3 is 1. The summed E-state index contributed by atoms with van der Waals surface area (Å²) in [5.41, 5.74) is 0.809. The highest BCUT2D eigenvalue weighted by Gasteiger charge is 2.62. The first-order valence-electron chi connectivity index (χ1n) is 9.04. The van der Waals surface area contributed by atoms with Gasteiger partial charge >= 0.3 is 5.97 Å². The summed E-state index contributed by atoms with van der Waals surface area (Å²) in [7, 11) is 1.42. The van der Waals surface area contributed by atoms with Crippen LogP contribution >= 0.6 is 0 Å². The lowest BCUT2D eigenvalue weighted by atomic mass is 9.45. The number of hydrogen-bond acceptors (Lipinski definition) is 5. The molecule has 2 bridgehead atoms. The number of hydrazone groups is 1. The number of fused-ring (bicyclic) bond motifs is 3. The van der Waals surface area contributed by atoms with Crippen molar-refractivity contribution in [2.45, 2.75) is 66.7 Å². The molecule has 5 heteroatoms. The molecule has 0 heterocycles. The Bertz CT molecular complexity index is 716. The Kier molecular flexibility index (Phi) is 3.76. The van der Waals surface area contributed by atoms with E-state index in [0.29, 0.717) is 24.1 Å². The molecule has 1 saturated carbocycles. The zero-order valence-electron chi connectivity index (χ0n) is 16.3. The van der Waals surface area contributed by atoms with E-state index in [2.05, 4.69) is 25.9 Å². The number of Topliss-reactive ketones (excluding diaryl/α,β-unsaturated/α-hetero) is 1. The molecule has 1 fully saturated rings. The van der Waals surface area contributed by atoms with Crippen LogP contribution in [-0.4, -0.2) is 24.6 Å². The van der Waals surface area contributed by atoms with Crippen LogP contribution < -0.4 is 5.84 Å². The summed E-state index contributed by atoms with van der Waals surface area (Å²) in [5, 5.41) is 3.83. The summed E-state index contributed by atoms with van der Waals surface area (Å²) < 4.78 is 5.23. The zero-order valence-corrected chi connectivity index (χ0v) is 16.3. The van der Waals surface area contributed by atoms with Crippen LogP contribution in [0.25, 0.3) is 0 Å². The van der Waals surface area contributed by atoms with Gasteiger partial charge in [-0.3, -0.25) is 9.59 Å². The van der Waals surface area contributed by atoms with Gasteiger partial charge in [0.25, 0.3) is 0 Å². The van der Waals surface area contributed by atoms with Crippen LogP contribution in [0.2, 0.25) is 0 Å². The van der Waals surface area contributed by atoms with Crippen LogP contribution in [-0.2, 0) is 14.3 Å². The van der Waals surface area contributed by atoms with Gasteiger partial charge in [0, 0.05) is 11.0 Å². The highest BCUT2D eigenvalue weighted by atomic mass is 16.5. The molecule has 2 N–H and O–H groups in total. The molecule has 3 aliphatic carbocycles. The minimum absolute atomic E-state index is 0.00247. The van der Waals surface area contributed by atoms with Crippen molar-refractivity contribution < 1.29 is 14.3 Å². The third-order valence-corrected chi connectivity index (χ3v) is 6.33. The topological polar surface area (TPSA) is 81.8 Å². The lowest BCUT2D eigenvalue weighted by Gasteiger charge is -2.57. The molecule has 138 valence electrons. The maximum atomic E-state index is 13.4. The molecule has 5 nitrogen and oxygen atoms in total. The van der Waals surface area contributed by atoms with Crippen LogP contribution in [0.15, 0.2) is 16.2 Å². The van der Waals surface area contributed by atoms with Crippen molar-refractivity contribution in [3.05, 3.63) is 11.1 Å². The van der Waals surface area contributed by atoms with Gasteiger partial charge in [-0.25, -0.2) is 0 Å². The highest BCUT2D eigenvalue weighted by Crippen LogP contribution is 2.65. The Labute approximate surface area is 150 Å². The predicted molar refractivity (Wildman–Crippen MR) is 96.9 cm³/mol. The molecule has 25 heavy (non-hydrogen) atoms. The molecule has 0 aromatic carbocycles. The van der Waals surface area contributed by atoms with Crippen molar-refractivity contribution in [2.24, 2.45) is 32.6 Å². The number of ketones is 1. The number of esters is 1. The van der Waals surface area contributed by atoms with E-state index in [9.17, 15) is 9.59 Å². The molecule has 3 rings (SSSR count). The first kappa shape index (κ1) is 18.2. The minimum atomic E-state index is -0.873. The van der Waals surface area contributed by atoms with Crippen molar-refractivity contribution in [1.29, 1.82) is 0 Å². The molecular weight excluding hydrogens is 316 g/mol. The number of carbonyl (C=O) groups excluding carboxylic acids is 2. The number of allylic oxidation sites excluding steroid dienone is 1. The average molecular weight is 346 g/mol. The van der Waals surface area contributed by atoms with Crippen molar-refractivity contribution >= 4 is 17.5 Å². The van der Waals surface area contributed by atoms with Gasteiger partial charge in [-0.05, 0) is 42.9 Å². The van der Waals surface area contributed by atoms with Gasteiger partial charge in [-0.2, -0.15) is 5.10 Å². The van der Waals surface area contributed by atoms with E-state index in [1.807, 2.05) is 13.8 Å². The molecule has 0 aromatic heterocycles. The van der Waals surface area contributed by atoms with Gasteiger partial charge < -0.3 is 10.6 Å². The Morgan fingerprint density at radius 3 is 2.28 bits per heavy atom. The van der Waals surface area contributed by atoms with Crippen LogP contribution in [0.1, 0.15) is 66.7 Å². The number of ether oxygens (including phenoxy) is 1. The number of carbonyl (C=O) groups is 2.